The quantitative estimate of drug-likeness (QED) is 0.728. The largest absolute Gasteiger partial charge is 0.479 e. The van der Waals surface area contributed by atoms with Crippen LogP contribution in [0.3, 0.4) is 0 Å². The molecule has 1 amide bonds. The highest BCUT2D eigenvalue weighted by Crippen LogP contribution is 2.28. The molecule has 24 heavy (non-hydrogen) atoms. The molecule has 1 fully saturated rings. The first kappa shape index (κ1) is 16.2. The number of hydrogen-bond donors (Lipinski definition) is 3. The van der Waals surface area contributed by atoms with Crippen molar-refractivity contribution in [2.24, 2.45) is 0 Å². The fraction of sp³-hybridized carbons (Fsp3) is 0.312. The minimum absolute atomic E-state index is 0.101. The van der Waals surface area contributed by atoms with Gasteiger partial charge < -0.3 is 24.8 Å². The van der Waals surface area contributed by atoms with Crippen LogP contribution in [0.15, 0.2) is 29.1 Å². The molecular weight excluding hydrogens is 316 g/mol. The van der Waals surface area contributed by atoms with Gasteiger partial charge in [0, 0.05) is 18.3 Å². The fourth-order valence-corrected chi connectivity index (χ4v) is 2.85. The molecule has 3 rings (SSSR count). The van der Waals surface area contributed by atoms with Crippen LogP contribution in [0.5, 0.6) is 0 Å². The van der Waals surface area contributed by atoms with Crippen LogP contribution in [-0.2, 0) is 14.3 Å². The van der Waals surface area contributed by atoms with E-state index in [-0.39, 0.29) is 18.7 Å². The number of aryl methyl sites for hydroxylation is 1. The van der Waals surface area contributed by atoms with Gasteiger partial charge in [-0.15, -0.1) is 0 Å². The van der Waals surface area contributed by atoms with Crippen LogP contribution in [0.25, 0.3) is 10.9 Å². The highest BCUT2D eigenvalue weighted by Gasteiger charge is 2.39. The molecule has 8 nitrogen and oxygen atoms in total. The Bertz CT molecular complexity index is 874. The average molecular weight is 332 g/mol. The number of carboxylic acid groups (broad SMARTS) is 1. The number of carbonyl (C=O) groups is 2. The Hall–Kier alpha value is -2.71. The molecule has 2 aromatic rings. The Balaban J connectivity index is 2.03. The molecule has 1 aliphatic heterocycles. The molecule has 8 heteroatoms. The lowest BCUT2D eigenvalue weighted by atomic mass is 10.1. The summed E-state index contributed by atoms with van der Waals surface area (Å²) < 4.78 is 5.13. The van der Waals surface area contributed by atoms with Crippen LogP contribution < -0.4 is 10.5 Å². The van der Waals surface area contributed by atoms with Gasteiger partial charge in [-0.3, -0.25) is 9.59 Å². The summed E-state index contributed by atoms with van der Waals surface area (Å²) in [5, 5.41) is 19.4. The van der Waals surface area contributed by atoms with E-state index in [1.165, 1.54) is 11.0 Å². The molecular formula is C16H16N2O6. The molecule has 0 saturated carbocycles. The number of amides is 1. The SMILES string of the molecule is Cc1c(N2CCO[C@H]([C@@H](O)C(=O)O)C2=O)ccc2ccc(=O)[nH]c12. The standard InChI is InChI=1S/C16H16N2O6/c1-8-10(4-2-9-3-5-11(19)17-12(8)9)18-6-7-24-14(15(18)21)13(20)16(22)23/h2-5,13-14,20H,6-7H2,1H3,(H,17,19)(H,22,23)/t13-,14-/m1/s1. The van der Waals surface area contributed by atoms with Crippen LogP contribution in [-0.4, -0.2) is 52.4 Å². The summed E-state index contributed by atoms with van der Waals surface area (Å²) in [7, 11) is 0. The number of nitrogens with one attached hydrogen (secondary N) is 1. The Morgan fingerprint density at radius 3 is 2.75 bits per heavy atom. The predicted molar refractivity (Wildman–Crippen MR) is 85.0 cm³/mol. The van der Waals surface area contributed by atoms with Crippen molar-refractivity contribution < 1.29 is 24.5 Å². The normalized spacial score (nSPS) is 19.5. The summed E-state index contributed by atoms with van der Waals surface area (Å²) in [5.41, 5.74) is 1.58. The number of fused-ring (bicyclic) bond motifs is 1. The lowest BCUT2D eigenvalue weighted by Crippen LogP contribution is -2.54. The molecule has 1 aromatic heterocycles. The Labute approximate surface area is 136 Å². The van der Waals surface area contributed by atoms with Crippen LogP contribution in [0, 0.1) is 6.92 Å². The minimum Gasteiger partial charge on any atom is -0.479 e. The van der Waals surface area contributed by atoms with Crippen molar-refractivity contribution in [3.05, 3.63) is 40.2 Å². The van der Waals surface area contributed by atoms with Gasteiger partial charge in [0.15, 0.2) is 12.2 Å². The first-order valence-corrected chi connectivity index (χ1v) is 7.36. The van der Waals surface area contributed by atoms with E-state index in [0.29, 0.717) is 16.8 Å². The number of aliphatic hydroxyl groups excluding tert-OH is 1. The van der Waals surface area contributed by atoms with E-state index < -0.39 is 24.1 Å². The maximum Gasteiger partial charge on any atom is 0.335 e. The second-order valence-electron chi connectivity index (χ2n) is 5.56. The molecule has 0 spiro atoms. The van der Waals surface area contributed by atoms with E-state index in [2.05, 4.69) is 4.98 Å². The number of hydrogen-bond acceptors (Lipinski definition) is 5. The minimum atomic E-state index is -1.93. The number of rotatable bonds is 3. The molecule has 0 bridgehead atoms. The number of ether oxygens (including phenoxy) is 1. The summed E-state index contributed by atoms with van der Waals surface area (Å²) >= 11 is 0. The van der Waals surface area contributed by atoms with E-state index in [9.17, 15) is 19.5 Å². The molecule has 0 aliphatic carbocycles. The van der Waals surface area contributed by atoms with E-state index >= 15 is 0 Å². The number of benzene rings is 1. The van der Waals surface area contributed by atoms with E-state index in [1.54, 1.807) is 25.1 Å². The van der Waals surface area contributed by atoms with Gasteiger partial charge in [0.05, 0.1) is 12.1 Å². The van der Waals surface area contributed by atoms with Gasteiger partial charge in [0.25, 0.3) is 5.91 Å². The molecule has 0 radical (unpaired) electrons. The summed E-state index contributed by atoms with van der Waals surface area (Å²) in [5.74, 6) is -2.15. The average Bonchev–Trinajstić information content (AvgIpc) is 2.56. The number of aliphatic hydroxyl groups is 1. The van der Waals surface area contributed by atoms with Gasteiger partial charge in [0.1, 0.15) is 0 Å². The van der Waals surface area contributed by atoms with Crippen molar-refractivity contribution in [3.8, 4) is 0 Å². The molecule has 1 saturated heterocycles. The number of aliphatic carboxylic acids is 1. The zero-order valence-corrected chi connectivity index (χ0v) is 12.9. The van der Waals surface area contributed by atoms with Crippen LogP contribution in [0.4, 0.5) is 5.69 Å². The van der Waals surface area contributed by atoms with Gasteiger partial charge in [0.2, 0.25) is 5.56 Å². The fourth-order valence-electron chi connectivity index (χ4n) is 2.85. The summed E-state index contributed by atoms with van der Waals surface area (Å²) in [6.07, 6.45) is -3.39. The summed E-state index contributed by atoms with van der Waals surface area (Å²) in [6.45, 7) is 2.09. The van der Waals surface area contributed by atoms with E-state index in [1.807, 2.05) is 0 Å². The highest BCUT2D eigenvalue weighted by atomic mass is 16.5. The van der Waals surface area contributed by atoms with Gasteiger partial charge in [-0.1, -0.05) is 6.07 Å². The summed E-state index contributed by atoms with van der Waals surface area (Å²) in [6, 6.07) is 6.59. The molecule has 0 unspecified atom stereocenters. The molecule has 3 N–H and O–H groups in total. The number of aromatic amines is 1. The molecule has 126 valence electrons. The third-order valence-electron chi connectivity index (χ3n) is 4.08. The van der Waals surface area contributed by atoms with Crippen LogP contribution in [0.1, 0.15) is 5.56 Å². The van der Waals surface area contributed by atoms with Gasteiger partial charge in [-0.2, -0.15) is 0 Å². The maximum atomic E-state index is 12.5. The lowest BCUT2D eigenvalue weighted by Gasteiger charge is -2.34. The third kappa shape index (κ3) is 2.66. The summed E-state index contributed by atoms with van der Waals surface area (Å²) in [4.78, 5) is 39.1. The predicted octanol–water partition coefficient (Wildman–Crippen LogP) is 0.0138. The van der Waals surface area contributed by atoms with Crippen molar-refractivity contribution in [3.63, 3.8) is 0 Å². The highest BCUT2D eigenvalue weighted by molar-refractivity contribution is 6.02. The monoisotopic (exact) mass is 332 g/mol. The van der Waals surface area contributed by atoms with Crippen molar-refractivity contribution >= 4 is 28.5 Å². The number of carbonyl (C=O) groups excluding carboxylic acids is 1. The van der Waals surface area contributed by atoms with Crippen molar-refractivity contribution in [2.75, 3.05) is 18.1 Å². The lowest BCUT2D eigenvalue weighted by molar-refractivity contribution is -0.163. The van der Waals surface area contributed by atoms with Gasteiger partial charge >= 0.3 is 5.97 Å². The maximum absolute atomic E-state index is 12.5. The molecule has 2 atom stereocenters. The second kappa shape index (κ2) is 6.06. The number of H-pyrrole nitrogens is 1. The van der Waals surface area contributed by atoms with Gasteiger partial charge in [-0.05, 0) is 30.0 Å². The van der Waals surface area contributed by atoms with Crippen LogP contribution >= 0.6 is 0 Å². The van der Waals surface area contributed by atoms with Gasteiger partial charge in [-0.25, -0.2) is 4.79 Å². The number of nitrogens with zero attached hydrogens (tertiary/aromatic N) is 1. The number of anilines is 1. The topological polar surface area (TPSA) is 120 Å². The van der Waals surface area contributed by atoms with Crippen LogP contribution in [0.2, 0.25) is 0 Å². The molecule has 2 heterocycles. The Kier molecular flexibility index (Phi) is 4.08. The number of aromatic nitrogens is 1. The number of pyridine rings is 1. The zero-order chi connectivity index (χ0) is 17.4. The zero-order valence-electron chi connectivity index (χ0n) is 12.9. The molecule has 1 aromatic carbocycles. The van der Waals surface area contributed by atoms with E-state index in [0.717, 1.165) is 5.39 Å². The third-order valence-corrected chi connectivity index (χ3v) is 4.08. The van der Waals surface area contributed by atoms with Crippen molar-refractivity contribution in [1.82, 2.24) is 4.98 Å². The Morgan fingerprint density at radius 1 is 1.33 bits per heavy atom. The van der Waals surface area contributed by atoms with Crippen molar-refractivity contribution in [1.29, 1.82) is 0 Å². The smallest absolute Gasteiger partial charge is 0.335 e. The second-order valence-corrected chi connectivity index (χ2v) is 5.56. The van der Waals surface area contributed by atoms with E-state index in [4.69, 9.17) is 9.84 Å². The van der Waals surface area contributed by atoms with Crippen molar-refractivity contribution in [2.45, 2.75) is 19.1 Å². The number of carboxylic acids is 1. The number of morpholine rings is 1. The Morgan fingerprint density at radius 2 is 2.04 bits per heavy atom. The first-order chi connectivity index (χ1) is 11.4. The molecule has 1 aliphatic rings. The first-order valence-electron chi connectivity index (χ1n) is 7.36.